The number of hydrogen-bond donors (Lipinski definition) is 3. The molecule has 0 aromatic carbocycles. The average Bonchev–Trinajstić information content (AvgIpc) is 3.31. The number of unbranched alkanes of at least 4 members (excludes halogenated alkanes) is 3. The second-order valence-corrected chi connectivity index (χ2v) is 10.3. The van der Waals surface area contributed by atoms with Crippen molar-refractivity contribution in [3.8, 4) is 0 Å². The summed E-state index contributed by atoms with van der Waals surface area (Å²) in [6, 6.07) is -0.704. The molecule has 196 valence electrons. The van der Waals surface area contributed by atoms with Crippen molar-refractivity contribution in [1.29, 1.82) is 0 Å². The van der Waals surface area contributed by atoms with E-state index in [2.05, 4.69) is 25.8 Å². The lowest BCUT2D eigenvalue weighted by Crippen LogP contribution is -2.53. The van der Waals surface area contributed by atoms with Crippen LogP contribution in [-0.2, 0) is 9.53 Å². The van der Waals surface area contributed by atoms with E-state index < -0.39 is 18.1 Å². The monoisotopic (exact) mass is 499 g/mol. The molecule has 0 radical (unpaired) electrons. The Morgan fingerprint density at radius 1 is 1.18 bits per heavy atom. The molecule has 1 heterocycles. The van der Waals surface area contributed by atoms with Crippen molar-refractivity contribution in [2.45, 2.75) is 97.8 Å². The minimum absolute atomic E-state index is 0.00434. The second-order valence-electron chi connectivity index (χ2n) is 9.36. The van der Waals surface area contributed by atoms with Crippen LogP contribution in [0.15, 0.2) is 5.38 Å². The Hall–Kier alpha value is -1.55. The molecule has 1 aromatic heterocycles. The number of nitrogens with two attached hydrogens (primary N) is 1. The van der Waals surface area contributed by atoms with Gasteiger partial charge in [0.2, 0.25) is 5.91 Å². The summed E-state index contributed by atoms with van der Waals surface area (Å²) in [6.45, 7) is 11.3. The highest BCUT2D eigenvalue weighted by Crippen LogP contribution is 2.31. The molecule has 1 amide bonds. The van der Waals surface area contributed by atoms with Crippen LogP contribution < -0.4 is 5.73 Å². The predicted octanol–water partition coefficient (Wildman–Crippen LogP) is 4.48. The number of amides is 1. The molecular weight excluding hydrogens is 454 g/mol. The predicted molar refractivity (Wildman–Crippen MR) is 136 cm³/mol. The molecule has 4 unspecified atom stereocenters. The molecule has 0 aliphatic carbocycles. The zero-order chi connectivity index (χ0) is 25.7. The van der Waals surface area contributed by atoms with Crippen molar-refractivity contribution in [3.05, 3.63) is 16.1 Å². The number of aromatic nitrogens is 1. The maximum absolute atomic E-state index is 13.6. The maximum Gasteiger partial charge on any atom is 0.355 e. The van der Waals surface area contributed by atoms with Crippen LogP contribution in [-0.4, -0.2) is 63.8 Å². The highest BCUT2D eigenvalue weighted by atomic mass is 32.1. The third kappa shape index (κ3) is 9.60. The van der Waals surface area contributed by atoms with Crippen molar-refractivity contribution in [2.75, 3.05) is 19.8 Å². The first-order valence-corrected chi connectivity index (χ1v) is 13.5. The van der Waals surface area contributed by atoms with E-state index in [1.165, 1.54) is 16.7 Å². The second kappa shape index (κ2) is 16.2. The van der Waals surface area contributed by atoms with Crippen LogP contribution in [0.1, 0.15) is 101 Å². The molecular formula is C25H45N3O5S. The summed E-state index contributed by atoms with van der Waals surface area (Å²) in [4.78, 5) is 31.1. The number of ether oxygens (including phenoxy) is 1. The Morgan fingerprint density at radius 3 is 2.41 bits per heavy atom. The van der Waals surface area contributed by atoms with Gasteiger partial charge in [0, 0.05) is 37.6 Å². The van der Waals surface area contributed by atoms with Crippen LogP contribution in [0.2, 0.25) is 0 Å². The molecule has 34 heavy (non-hydrogen) atoms. The Labute approximate surface area is 208 Å². The lowest BCUT2D eigenvalue weighted by molar-refractivity contribution is -0.138. The van der Waals surface area contributed by atoms with Gasteiger partial charge in [-0.25, -0.2) is 9.78 Å². The molecule has 0 saturated carbocycles. The lowest BCUT2D eigenvalue weighted by atomic mass is 9.92. The zero-order valence-corrected chi connectivity index (χ0v) is 22.4. The smallest absolute Gasteiger partial charge is 0.355 e. The highest BCUT2D eigenvalue weighted by molar-refractivity contribution is 7.09. The minimum atomic E-state index is -1.08. The third-order valence-corrected chi connectivity index (χ3v) is 7.28. The van der Waals surface area contributed by atoms with Crippen LogP contribution in [0.4, 0.5) is 0 Å². The molecule has 0 saturated heterocycles. The largest absolute Gasteiger partial charge is 0.476 e. The summed E-state index contributed by atoms with van der Waals surface area (Å²) in [5.41, 5.74) is 6.38. The molecule has 0 spiro atoms. The molecule has 0 aliphatic heterocycles. The molecule has 0 bridgehead atoms. The van der Waals surface area contributed by atoms with E-state index in [-0.39, 0.29) is 36.1 Å². The van der Waals surface area contributed by atoms with Crippen LogP contribution in [0, 0.1) is 11.8 Å². The number of carboxylic acid groups (broad SMARTS) is 1. The summed E-state index contributed by atoms with van der Waals surface area (Å²) in [6.07, 6.45) is 5.51. The van der Waals surface area contributed by atoms with E-state index >= 15 is 0 Å². The van der Waals surface area contributed by atoms with Gasteiger partial charge in [-0.15, -0.1) is 11.3 Å². The number of carbonyl (C=O) groups excluding carboxylic acids is 1. The van der Waals surface area contributed by atoms with Gasteiger partial charge < -0.3 is 25.6 Å². The molecule has 4 atom stereocenters. The van der Waals surface area contributed by atoms with Crippen LogP contribution in [0.3, 0.4) is 0 Å². The summed E-state index contributed by atoms with van der Waals surface area (Å²) in [5.74, 6) is -0.900. The van der Waals surface area contributed by atoms with E-state index in [0.29, 0.717) is 31.0 Å². The van der Waals surface area contributed by atoms with Crippen molar-refractivity contribution >= 4 is 23.2 Å². The fourth-order valence-electron chi connectivity index (χ4n) is 3.88. The Morgan fingerprint density at radius 2 is 1.88 bits per heavy atom. The van der Waals surface area contributed by atoms with E-state index in [9.17, 15) is 19.8 Å². The van der Waals surface area contributed by atoms with E-state index in [1.807, 2.05) is 18.7 Å². The van der Waals surface area contributed by atoms with Crippen molar-refractivity contribution in [3.63, 3.8) is 0 Å². The topological polar surface area (TPSA) is 126 Å². The Kier molecular flexibility index (Phi) is 14.5. The van der Waals surface area contributed by atoms with E-state index in [1.54, 1.807) is 0 Å². The summed E-state index contributed by atoms with van der Waals surface area (Å²) < 4.78 is 6.07. The number of thiazole rings is 1. The number of nitrogens with zero attached hydrogens (tertiary/aromatic N) is 2. The molecule has 1 aromatic rings. The molecule has 0 aliphatic rings. The number of aliphatic hydroxyl groups is 1. The minimum Gasteiger partial charge on any atom is -0.476 e. The number of rotatable bonds is 18. The highest BCUT2D eigenvalue weighted by Gasteiger charge is 2.34. The maximum atomic E-state index is 13.6. The third-order valence-electron chi connectivity index (χ3n) is 6.34. The first-order chi connectivity index (χ1) is 16.2. The molecule has 8 nitrogen and oxygen atoms in total. The van der Waals surface area contributed by atoms with Gasteiger partial charge in [-0.1, -0.05) is 60.3 Å². The number of carboxylic acids is 1. The van der Waals surface area contributed by atoms with Gasteiger partial charge in [0.05, 0.1) is 6.04 Å². The van der Waals surface area contributed by atoms with Crippen molar-refractivity contribution < 1.29 is 24.5 Å². The number of aromatic carboxylic acids is 1. The van der Waals surface area contributed by atoms with E-state index in [4.69, 9.17) is 10.5 Å². The van der Waals surface area contributed by atoms with Crippen LogP contribution in [0.25, 0.3) is 0 Å². The van der Waals surface area contributed by atoms with Crippen molar-refractivity contribution in [1.82, 2.24) is 9.88 Å². The van der Waals surface area contributed by atoms with Gasteiger partial charge in [0.1, 0.15) is 11.1 Å². The molecule has 0 fully saturated rings. The van der Waals surface area contributed by atoms with Gasteiger partial charge in [-0.2, -0.15) is 0 Å². The van der Waals surface area contributed by atoms with Crippen LogP contribution >= 0.6 is 11.3 Å². The summed E-state index contributed by atoms with van der Waals surface area (Å²) >= 11 is 1.25. The summed E-state index contributed by atoms with van der Waals surface area (Å²) in [7, 11) is 0. The van der Waals surface area contributed by atoms with Crippen LogP contribution in [0.5, 0.6) is 0 Å². The van der Waals surface area contributed by atoms with Gasteiger partial charge in [0.15, 0.2) is 5.69 Å². The first kappa shape index (κ1) is 30.5. The first-order valence-electron chi connectivity index (χ1n) is 12.6. The van der Waals surface area contributed by atoms with Gasteiger partial charge in [0.25, 0.3) is 0 Å². The molecule has 4 N–H and O–H groups in total. The quantitative estimate of drug-likeness (QED) is 0.254. The van der Waals surface area contributed by atoms with Gasteiger partial charge in [-0.05, 0) is 24.7 Å². The number of carbonyl (C=O) groups is 2. The normalized spacial score (nSPS) is 15.2. The fraction of sp³-hybridized carbons (Fsp3) is 0.800. The number of hydrogen-bond acceptors (Lipinski definition) is 7. The molecule has 9 heteroatoms. The number of aliphatic hydroxyl groups excluding tert-OH is 1. The zero-order valence-electron chi connectivity index (χ0n) is 21.5. The summed E-state index contributed by atoms with van der Waals surface area (Å²) in [5, 5.41) is 20.6. The molecule has 1 rings (SSSR count). The Bertz CT molecular complexity index is 727. The lowest BCUT2D eigenvalue weighted by Gasteiger charge is -2.38. The fourth-order valence-corrected chi connectivity index (χ4v) is 4.73. The Balaban J connectivity index is 3.23. The SMILES string of the molecule is CCCCCCN(C(=O)C(N)C(C)CC)C(CC(OCCCO)c1nc(C(=O)O)cs1)C(C)C. The standard InChI is InChI=1S/C25H45N3O5S/c1-6-8-9-10-12-28(24(30)22(26)18(5)7-2)20(17(3)4)15-21(33-14-11-13-29)23-27-19(16-34-23)25(31)32/h16-18,20-22,29H,6-15,26H2,1-5H3,(H,31,32). The van der Waals surface area contributed by atoms with Gasteiger partial charge >= 0.3 is 5.97 Å². The van der Waals surface area contributed by atoms with Gasteiger partial charge in [-0.3, -0.25) is 4.79 Å². The van der Waals surface area contributed by atoms with Crippen molar-refractivity contribution in [2.24, 2.45) is 17.6 Å². The average molecular weight is 500 g/mol. The van der Waals surface area contributed by atoms with E-state index in [0.717, 1.165) is 32.1 Å².